The number of anilines is 3. The van der Waals surface area contributed by atoms with E-state index in [1.165, 1.54) is 22.5 Å². The molecule has 3 aliphatic heterocycles. The zero-order chi connectivity index (χ0) is 31.6. The normalized spacial score (nSPS) is 19.9. The molecule has 4 heterocycles. The van der Waals surface area contributed by atoms with Gasteiger partial charge in [0.15, 0.2) is 18.0 Å². The summed E-state index contributed by atoms with van der Waals surface area (Å²) in [6.45, 7) is 16.8. The van der Waals surface area contributed by atoms with Crippen LogP contribution in [0.5, 0.6) is 11.5 Å². The van der Waals surface area contributed by atoms with Gasteiger partial charge in [0.05, 0.1) is 13.7 Å². The summed E-state index contributed by atoms with van der Waals surface area (Å²) in [5.41, 5.74) is 8.30. The van der Waals surface area contributed by atoms with Crippen LogP contribution >= 0.6 is 0 Å². The maximum atomic E-state index is 6.47. The van der Waals surface area contributed by atoms with Gasteiger partial charge in [-0.25, -0.2) is 4.98 Å². The largest absolute Gasteiger partial charge is 0.509 e. The van der Waals surface area contributed by atoms with E-state index in [1.807, 2.05) is 48.7 Å². The van der Waals surface area contributed by atoms with Crippen molar-refractivity contribution in [1.29, 1.82) is 0 Å². The molecule has 0 spiro atoms. The van der Waals surface area contributed by atoms with Crippen molar-refractivity contribution in [1.82, 2.24) is 14.0 Å². The number of pyridine rings is 1. The molecule has 0 aliphatic carbocycles. The number of hydrogen-bond acceptors (Lipinski definition) is 3. The van der Waals surface area contributed by atoms with E-state index in [9.17, 15) is 0 Å². The average molecular weight is 789 g/mol. The molecule has 1 saturated heterocycles. The third-order valence-corrected chi connectivity index (χ3v) is 9.04. The summed E-state index contributed by atoms with van der Waals surface area (Å²) in [5.74, 6) is 2.13. The SMILES string of the molecule is CC(C)(C)c1ccnc(N(c2[c-]c(Oc3[c-]c([N@@+]45[CH-][N@@+](C)(C4)c4cc(C(C)(C)C)ccc45)ccc3)ccc2)c2ccccc2)c1.[Pt]. The van der Waals surface area contributed by atoms with Gasteiger partial charge in [-0.3, -0.25) is 0 Å². The van der Waals surface area contributed by atoms with E-state index >= 15 is 0 Å². The Hall–Kier alpha value is -3.76. The molecule has 2 atom stereocenters. The van der Waals surface area contributed by atoms with E-state index in [0.29, 0.717) is 16.0 Å². The molecule has 5 nitrogen and oxygen atoms in total. The van der Waals surface area contributed by atoms with Crippen LogP contribution in [0.2, 0.25) is 0 Å². The van der Waals surface area contributed by atoms with Crippen molar-refractivity contribution in [2.75, 3.05) is 18.6 Å². The first kappa shape index (κ1) is 32.2. The molecule has 1 aromatic heterocycles. The van der Waals surface area contributed by atoms with Crippen LogP contribution in [0.4, 0.5) is 34.3 Å². The number of hydrogen-bond donors (Lipinski definition) is 0. The maximum absolute atomic E-state index is 6.47. The van der Waals surface area contributed by atoms with Crippen molar-refractivity contribution in [3.8, 4) is 11.5 Å². The first-order valence-corrected chi connectivity index (χ1v) is 15.7. The van der Waals surface area contributed by atoms with E-state index in [4.69, 9.17) is 9.72 Å². The van der Waals surface area contributed by atoms with E-state index in [2.05, 4.69) is 127 Å². The minimum absolute atomic E-state index is 0. The predicted octanol–water partition coefficient (Wildman–Crippen LogP) is 10.2. The van der Waals surface area contributed by atoms with E-state index in [-0.39, 0.29) is 31.9 Å². The van der Waals surface area contributed by atoms with Gasteiger partial charge < -0.3 is 18.6 Å². The second-order valence-electron chi connectivity index (χ2n) is 14.6. The Labute approximate surface area is 288 Å². The second kappa shape index (κ2) is 11.5. The predicted molar refractivity (Wildman–Crippen MR) is 185 cm³/mol. The molecule has 5 aromatic rings. The van der Waals surface area contributed by atoms with E-state index in [1.54, 1.807) is 0 Å². The standard InChI is InChI=1S/C40H41N4O.Pt/c1-39(2,3)29-19-20-36-37(23-29)43(7)27-44(36,28-43)33-16-12-18-35(26-33)45-34-17-11-15-32(25-34)42(31-13-9-8-10-14-31)38-24-30(21-22-41-38)40(4,5)6;/h8-24,27H,28H2,1-7H3;/q-1;/t43-,44+;/m0./s1. The van der Waals surface area contributed by atoms with Gasteiger partial charge in [-0.2, -0.15) is 12.1 Å². The number of benzene rings is 4. The number of ether oxygens (including phenoxy) is 1. The fourth-order valence-electron chi connectivity index (χ4n) is 6.61. The Bertz CT molecular complexity index is 1880. The van der Waals surface area contributed by atoms with Gasteiger partial charge in [0.25, 0.3) is 0 Å². The fraction of sp³-hybridized carbons (Fsp3) is 0.250. The molecule has 0 amide bonds. The van der Waals surface area contributed by atoms with E-state index < -0.39 is 0 Å². The summed E-state index contributed by atoms with van der Waals surface area (Å²) < 4.78 is 7.97. The van der Waals surface area contributed by atoms with E-state index in [0.717, 1.165) is 34.0 Å². The molecule has 0 radical (unpaired) electrons. The molecule has 238 valence electrons. The Morgan fingerprint density at radius 1 is 0.739 bits per heavy atom. The Kier molecular flexibility index (Phi) is 8.04. The van der Waals surface area contributed by atoms with Crippen molar-refractivity contribution in [3.63, 3.8) is 0 Å². The Morgan fingerprint density at radius 2 is 1.39 bits per heavy atom. The smallest absolute Gasteiger partial charge is 0.179 e. The van der Waals surface area contributed by atoms with Crippen LogP contribution in [-0.2, 0) is 31.9 Å². The van der Waals surface area contributed by atoms with Crippen molar-refractivity contribution >= 4 is 34.3 Å². The molecule has 0 N–H and O–H groups in total. The molecule has 2 bridgehead atoms. The van der Waals surface area contributed by atoms with Crippen molar-refractivity contribution in [2.45, 2.75) is 52.4 Å². The summed E-state index contributed by atoms with van der Waals surface area (Å²) in [6.07, 6.45) is 1.89. The second-order valence-corrected chi connectivity index (χ2v) is 14.6. The van der Waals surface area contributed by atoms with Gasteiger partial charge in [0.1, 0.15) is 5.82 Å². The summed E-state index contributed by atoms with van der Waals surface area (Å²) in [5, 5.41) is 0. The van der Waals surface area contributed by atoms with Gasteiger partial charge in [0.2, 0.25) is 0 Å². The number of aromatic nitrogens is 1. The Morgan fingerprint density at radius 3 is 2.09 bits per heavy atom. The van der Waals surface area contributed by atoms with Crippen LogP contribution in [0.25, 0.3) is 0 Å². The minimum Gasteiger partial charge on any atom is -0.509 e. The molecule has 4 aromatic carbocycles. The third-order valence-electron chi connectivity index (χ3n) is 9.04. The number of quaternary nitrogens is 2. The summed E-state index contributed by atoms with van der Waals surface area (Å²) in [7, 11) is 2.29. The van der Waals surface area contributed by atoms with Gasteiger partial charge in [-0.15, -0.1) is 30.3 Å². The van der Waals surface area contributed by atoms with Crippen LogP contribution in [0.15, 0.2) is 103 Å². The van der Waals surface area contributed by atoms with Crippen molar-refractivity contribution in [3.05, 3.63) is 133 Å². The number of para-hydroxylation sites is 1. The summed E-state index contributed by atoms with van der Waals surface area (Å²) in [4.78, 5) is 6.91. The summed E-state index contributed by atoms with van der Waals surface area (Å²) >= 11 is 0. The van der Waals surface area contributed by atoms with Crippen molar-refractivity contribution < 1.29 is 25.8 Å². The molecular formula is C40H41N4OPt-. The number of nitrogens with zero attached hydrogens (tertiary/aromatic N) is 4. The zero-order valence-electron chi connectivity index (χ0n) is 27.6. The van der Waals surface area contributed by atoms with Gasteiger partial charge >= 0.3 is 0 Å². The van der Waals surface area contributed by atoms with Crippen LogP contribution in [0.1, 0.15) is 52.7 Å². The Balaban J connectivity index is 0.00000372. The number of rotatable bonds is 6. The van der Waals surface area contributed by atoms with Crippen LogP contribution in [0, 0.1) is 18.8 Å². The molecular weight excluding hydrogens is 748 g/mol. The fourth-order valence-corrected chi connectivity index (χ4v) is 6.61. The average Bonchev–Trinajstić information content (AvgIpc) is 3.40. The first-order chi connectivity index (χ1) is 21.4. The quantitative estimate of drug-likeness (QED) is 0.127. The van der Waals surface area contributed by atoms with Gasteiger partial charge in [-0.1, -0.05) is 77.6 Å². The zero-order valence-corrected chi connectivity index (χ0v) is 29.9. The molecule has 1 fully saturated rings. The third kappa shape index (κ3) is 5.59. The topological polar surface area (TPSA) is 25.4 Å². The molecule has 3 aliphatic rings. The van der Waals surface area contributed by atoms with Crippen LogP contribution < -0.4 is 18.6 Å². The maximum Gasteiger partial charge on any atom is 0.179 e. The van der Waals surface area contributed by atoms with Crippen LogP contribution in [0.3, 0.4) is 0 Å². The molecule has 0 saturated carbocycles. The van der Waals surface area contributed by atoms with Crippen LogP contribution in [-0.4, -0.2) is 18.7 Å². The first-order valence-electron chi connectivity index (χ1n) is 15.7. The van der Waals surface area contributed by atoms with Gasteiger partial charge in [0, 0.05) is 62.3 Å². The molecule has 0 unspecified atom stereocenters. The van der Waals surface area contributed by atoms with Crippen molar-refractivity contribution in [2.24, 2.45) is 0 Å². The molecule has 46 heavy (non-hydrogen) atoms. The van der Waals surface area contributed by atoms with Gasteiger partial charge in [-0.05, 0) is 46.2 Å². The monoisotopic (exact) mass is 788 g/mol. The summed E-state index contributed by atoms with van der Waals surface area (Å²) in [6, 6.07) is 40.9. The molecule has 6 heteroatoms. The minimum atomic E-state index is -0.00349. The molecule has 8 rings (SSSR count).